The molecule has 1 saturated heterocycles. The minimum Gasteiger partial charge on any atom is -0.385 e. The van der Waals surface area contributed by atoms with Crippen molar-refractivity contribution >= 4 is 40.2 Å². The van der Waals surface area contributed by atoms with Crippen molar-refractivity contribution in [2.24, 2.45) is 5.73 Å². The number of urea groups is 1. The molecule has 2 atom stereocenters. The van der Waals surface area contributed by atoms with E-state index in [1.54, 1.807) is 30.2 Å². The second-order valence-corrected chi connectivity index (χ2v) is 8.79. The lowest BCUT2D eigenvalue weighted by Gasteiger charge is -2.45. The molecule has 1 unspecified atom stereocenters. The number of amides is 2. The Balaban J connectivity index is 2.40. The Hall–Kier alpha value is -0.600. The predicted octanol–water partition coefficient (Wildman–Crippen LogP) is 4.86. The summed E-state index contributed by atoms with van der Waals surface area (Å²) in [5.74, 6) is -0.402. The van der Waals surface area contributed by atoms with E-state index in [4.69, 9.17) is 22.1 Å². The monoisotopic (exact) mass is 482 g/mol. The van der Waals surface area contributed by atoms with Crippen molar-refractivity contribution in [2.45, 2.75) is 48.0 Å². The summed E-state index contributed by atoms with van der Waals surface area (Å²) in [5.41, 5.74) is 6.17. The van der Waals surface area contributed by atoms with E-state index in [0.717, 1.165) is 38.5 Å². The van der Waals surface area contributed by atoms with Crippen LogP contribution in [-0.4, -0.2) is 37.2 Å². The molecule has 2 rings (SSSR count). The molecule has 0 bridgehead atoms. The fourth-order valence-corrected chi connectivity index (χ4v) is 5.23. The summed E-state index contributed by atoms with van der Waals surface area (Å²) in [6.45, 7) is 1.28. The van der Waals surface area contributed by atoms with Gasteiger partial charge in [-0.05, 0) is 44.6 Å². The molecule has 1 aliphatic rings. The molecule has 0 spiro atoms. The first-order valence-electron chi connectivity index (χ1n) is 8.60. The Labute approximate surface area is 167 Å². The van der Waals surface area contributed by atoms with Crippen molar-refractivity contribution in [2.75, 3.05) is 20.3 Å². The number of benzene rings is 1. The normalized spacial score (nSPS) is 20.3. The van der Waals surface area contributed by atoms with Crippen LogP contribution in [0.15, 0.2) is 18.2 Å². The Bertz CT molecular complexity index is 604. The lowest BCUT2D eigenvalue weighted by Crippen LogP contribution is -2.54. The summed E-state index contributed by atoms with van der Waals surface area (Å²) in [5, 5.41) is 0.108. The molecule has 1 fully saturated rings. The average Bonchev–Trinajstić information content (AvgIpc) is 2.61. The van der Waals surface area contributed by atoms with E-state index in [1.165, 1.54) is 0 Å². The van der Waals surface area contributed by atoms with Crippen LogP contribution in [0.3, 0.4) is 0 Å². The Morgan fingerprint density at radius 1 is 1.48 bits per heavy atom. The van der Waals surface area contributed by atoms with Crippen LogP contribution in [0.1, 0.15) is 44.1 Å². The first-order valence-corrected chi connectivity index (χ1v) is 10.1. The topological polar surface area (TPSA) is 55.6 Å². The summed E-state index contributed by atoms with van der Waals surface area (Å²) < 4.78 is 19.4. The fraction of sp³-hybridized carbons (Fsp3) is 0.611. The number of alkyl halides is 1. The van der Waals surface area contributed by atoms with E-state index in [-0.39, 0.29) is 11.1 Å². The number of carbonyl (C=O) groups excluding carboxylic acids is 1. The third-order valence-electron chi connectivity index (χ3n) is 4.85. The molecule has 0 aliphatic carbocycles. The van der Waals surface area contributed by atoms with Gasteiger partial charge in [0.15, 0.2) is 0 Å². The third kappa shape index (κ3) is 4.77. The van der Waals surface area contributed by atoms with E-state index in [1.807, 2.05) is 0 Å². The van der Waals surface area contributed by atoms with Crippen LogP contribution in [0.4, 0.5) is 9.18 Å². The van der Waals surface area contributed by atoms with Crippen LogP contribution in [0.5, 0.6) is 0 Å². The van der Waals surface area contributed by atoms with E-state index in [9.17, 15) is 9.18 Å². The largest absolute Gasteiger partial charge is 0.385 e. The number of piperidine rings is 1. The zero-order valence-electron chi connectivity index (χ0n) is 14.4. The highest BCUT2D eigenvalue weighted by molar-refractivity contribution is 14.1. The lowest BCUT2D eigenvalue weighted by molar-refractivity contribution is 0.133. The number of halogens is 3. The minimum atomic E-state index is -0.573. The van der Waals surface area contributed by atoms with Crippen molar-refractivity contribution < 1.29 is 13.9 Å². The number of rotatable bonds is 7. The average molecular weight is 483 g/mol. The van der Waals surface area contributed by atoms with Gasteiger partial charge in [0.05, 0.1) is 14.5 Å². The minimum absolute atomic E-state index is 0.108. The van der Waals surface area contributed by atoms with Crippen molar-refractivity contribution in [1.29, 1.82) is 0 Å². The summed E-state index contributed by atoms with van der Waals surface area (Å²) in [6, 6.07) is 4.51. The van der Waals surface area contributed by atoms with Crippen LogP contribution in [0.25, 0.3) is 0 Å². The molecule has 140 valence electrons. The molecule has 0 aromatic heterocycles. The zero-order chi connectivity index (χ0) is 18.4. The second kappa shape index (κ2) is 9.37. The zero-order valence-corrected chi connectivity index (χ0v) is 17.4. The summed E-state index contributed by atoms with van der Waals surface area (Å²) in [7, 11) is 1.67. The third-order valence-corrected chi connectivity index (χ3v) is 6.98. The smallest absolute Gasteiger partial charge is 0.315 e. The van der Waals surface area contributed by atoms with E-state index < -0.39 is 15.3 Å². The molecule has 1 aliphatic heterocycles. The standard InChI is InChI=1S/C18H25ClFIN2O2/c1-25-12-5-3-10-18(21,13-7-6-8-14(19)16(13)20)15-9-2-4-11-23(15)17(22)24/h6-8,15H,2-5,9-12H2,1H3,(H2,22,24)/t15?,18-/m1/s1. The highest BCUT2D eigenvalue weighted by Crippen LogP contribution is 2.47. The number of hydrogen-bond acceptors (Lipinski definition) is 2. The molecule has 0 radical (unpaired) electrons. The van der Waals surface area contributed by atoms with Crippen molar-refractivity contribution in [1.82, 2.24) is 4.90 Å². The van der Waals surface area contributed by atoms with Gasteiger partial charge in [-0.3, -0.25) is 0 Å². The van der Waals surface area contributed by atoms with Gasteiger partial charge in [0, 0.05) is 25.8 Å². The predicted molar refractivity (Wildman–Crippen MR) is 107 cm³/mol. The summed E-state index contributed by atoms with van der Waals surface area (Å²) in [6.07, 6.45) is 5.20. The van der Waals surface area contributed by atoms with Crippen molar-refractivity contribution in [3.63, 3.8) is 0 Å². The number of hydrogen-bond donors (Lipinski definition) is 1. The molecule has 1 heterocycles. The SMILES string of the molecule is COCCCC[C@@](I)(c1cccc(Cl)c1F)C1CCCCN1C(N)=O. The van der Waals surface area contributed by atoms with E-state index >= 15 is 0 Å². The number of methoxy groups -OCH3 is 1. The maximum absolute atomic E-state index is 14.9. The molecule has 2 N–H and O–H groups in total. The number of nitrogens with zero attached hydrogens (tertiary/aromatic N) is 1. The quantitative estimate of drug-likeness (QED) is 0.343. The van der Waals surface area contributed by atoms with Gasteiger partial charge < -0.3 is 15.4 Å². The Kier molecular flexibility index (Phi) is 7.76. The van der Waals surface area contributed by atoms with Crippen LogP contribution < -0.4 is 5.73 Å². The maximum Gasteiger partial charge on any atom is 0.315 e. The highest BCUT2D eigenvalue weighted by atomic mass is 127. The number of carbonyl (C=O) groups is 1. The first-order chi connectivity index (χ1) is 11.9. The van der Waals surface area contributed by atoms with Gasteiger partial charge in [0.2, 0.25) is 0 Å². The van der Waals surface area contributed by atoms with Gasteiger partial charge in [-0.25, -0.2) is 9.18 Å². The molecular formula is C18H25ClFIN2O2. The summed E-state index contributed by atoms with van der Waals surface area (Å²) in [4.78, 5) is 13.7. The molecule has 0 saturated carbocycles. The van der Waals surface area contributed by atoms with Crippen LogP contribution in [0, 0.1) is 5.82 Å². The van der Waals surface area contributed by atoms with Gasteiger partial charge in [0.1, 0.15) is 5.82 Å². The number of primary amides is 1. The van der Waals surface area contributed by atoms with Gasteiger partial charge in [-0.1, -0.05) is 46.3 Å². The van der Waals surface area contributed by atoms with E-state index in [2.05, 4.69) is 22.6 Å². The number of likely N-dealkylation sites (tertiary alicyclic amines) is 1. The maximum atomic E-state index is 14.9. The summed E-state index contributed by atoms with van der Waals surface area (Å²) >= 11 is 8.35. The molecule has 1 aromatic carbocycles. The van der Waals surface area contributed by atoms with Gasteiger partial charge in [0.25, 0.3) is 0 Å². The fourth-order valence-electron chi connectivity index (χ4n) is 3.61. The number of unbranched alkanes of at least 4 members (excludes halogenated alkanes) is 1. The molecule has 7 heteroatoms. The van der Waals surface area contributed by atoms with Crippen molar-refractivity contribution in [3.8, 4) is 0 Å². The first kappa shape index (κ1) is 20.7. The molecule has 25 heavy (non-hydrogen) atoms. The molecule has 1 aromatic rings. The highest BCUT2D eigenvalue weighted by Gasteiger charge is 2.44. The Morgan fingerprint density at radius 2 is 2.24 bits per heavy atom. The van der Waals surface area contributed by atoms with Gasteiger partial charge in [-0.2, -0.15) is 0 Å². The molecule has 4 nitrogen and oxygen atoms in total. The van der Waals surface area contributed by atoms with Gasteiger partial charge >= 0.3 is 6.03 Å². The lowest BCUT2D eigenvalue weighted by atomic mass is 9.81. The van der Waals surface area contributed by atoms with Crippen LogP contribution in [-0.2, 0) is 8.16 Å². The second-order valence-electron chi connectivity index (χ2n) is 6.46. The Morgan fingerprint density at radius 3 is 2.92 bits per heavy atom. The van der Waals surface area contributed by atoms with Crippen molar-refractivity contribution in [3.05, 3.63) is 34.6 Å². The van der Waals surface area contributed by atoms with Gasteiger partial charge in [-0.15, -0.1) is 0 Å². The van der Waals surface area contributed by atoms with Crippen LogP contribution in [0.2, 0.25) is 5.02 Å². The molecule has 2 amide bonds. The number of ether oxygens (including phenoxy) is 1. The van der Waals surface area contributed by atoms with E-state index in [0.29, 0.717) is 18.7 Å². The number of nitrogens with two attached hydrogens (primary N) is 1. The molecular weight excluding hydrogens is 458 g/mol. The van der Waals surface area contributed by atoms with Crippen LogP contribution >= 0.6 is 34.2 Å².